The third-order valence-corrected chi connectivity index (χ3v) is 6.98. The molecular weight excluding hydrogens is 575 g/mol. The van der Waals surface area contributed by atoms with Gasteiger partial charge in [-0.3, -0.25) is 0 Å². The molecular formula is C27H36Cl2F8N2. The van der Waals surface area contributed by atoms with Crippen molar-refractivity contribution in [3.63, 3.8) is 0 Å². The SMILES string of the molecule is CC(C)c1n(CCCCCCCCCCCC(F)(F)C(F)(F)C(F)(F)F)cc[n+]1Cc1c(F)cccc1Cl.[Cl-]. The number of benzene rings is 1. The Morgan fingerprint density at radius 1 is 0.846 bits per heavy atom. The molecule has 0 aliphatic rings. The van der Waals surface area contributed by atoms with Crippen molar-refractivity contribution >= 4 is 11.6 Å². The summed E-state index contributed by atoms with van der Waals surface area (Å²) in [6.45, 7) is 5.30. The Kier molecular flexibility index (Phi) is 14.1. The topological polar surface area (TPSA) is 8.81 Å². The minimum atomic E-state index is -6.26. The van der Waals surface area contributed by atoms with Gasteiger partial charge in [-0.05, 0) is 31.4 Å². The van der Waals surface area contributed by atoms with E-state index in [1.54, 1.807) is 12.1 Å². The van der Waals surface area contributed by atoms with Crippen LogP contribution in [0.15, 0.2) is 30.6 Å². The Morgan fingerprint density at radius 3 is 1.90 bits per heavy atom. The summed E-state index contributed by atoms with van der Waals surface area (Å²) >= 11 is 6.19. The maximum Gasteiger partial charge on any atom is 0.459 e. The number of halogens is 10. The highest BCUT2D eigenvalue weighted by Crippen LogP contribution is 2.48. The van der Waals surface area contributed by atoms with Crippen LogP contribution in [-0.4, -0.2) is 22.6 Å². The van der Waals surface area contributed by atoms with Gasteiger partial charge in [-0.1, -0.05) is 70.0 Å². The van der Waals surface area contributed by atoms with E-state index in [4.69, 9.17) is 11.6 Å². The summed E-state index contributed by atoms with van der Waals surface area (Å²) in [7, 11) is 0. The van der Waals surface area contributed by atoms with E-state index in [0.717, 1.165) is 50.9 Å². The second-order valence-electron chi connectivity index (χ2n) is 10.0. The van der Waals surface area contributed by atoms with E-state index in [2.05, 4.69) is 18.4 Å². The second kappa shape index (κ2) is 15.5. The Bertz CT molecular complexity index is 986. The van der Waals surface area contributed by atoms with Crippen molar-refractivity contribution in [2.75, 3.05) is 0 Å². The first-order valence-electron chi connectivity index (χ1n) is 13.0. The van der Waals surface area contributed by atoms with Crippen LogP contribution in [0.1, 0.15) is 95.4 Å². The first-order valence-corrected chi connectivity index (χ1v) is 13.4. The smallest absolute Gasteiger partial charge is 0.459 e. The molecule has 0 atom stereocenters. The van der Waals surface area contributed by atoms with Crippen LogP contribution in [0.2, 0.25) is 5.02 Å². The zero-order valence-electron chi connectivity index (χ0n) is 22.1. The van der Waals surface area contributed by atoms with Crippen LogP contribution in [-0.2, 0) is 13.1 Å². The molecule has 224 valence electrons. The molecule has 0 unspecified atom stereocenters. The summed E-state index contributed by atoms with van der Waals surface area (Å²) in [5, 5.41) is 0.390. The number of rotatable bonds is 16. The molecule has 12 heteroatoms. The van der Waals surface area contributed by atoms with Gasteiger partial charge < -0.3 is 12.4 Å². The third kappa shape index (κ3) is 9.80. The largest absolute Gasteiger partial charge is 1.00 e. The van der Waals surface area contributed by atoms with E-state index in [0.29, 0.717) is 23.6 Å². The maximum absolute atomic E-state index is 14.2. The molecule has 0 aliphatic heterocycles. The summed E-state index contributed by atoms with van der Waals surface area (Å²) in [5.41, 5.74) is 0.451. The van der Waals surface area contributed by atoms with Gasteiger partial charge in [-0.15, -0.1) is 0 Å². The summed E-state index contributed by atoms with van der Waals surface area (Å²) in [6, 6.07) is 4.64. The number of aromatic nitrogens is 2. The Labute approximate surface area is 236 Å². The molecule has 0 saturated carbocycles. The molecule has 0 N–H and O–H groups in total. The van der Waals surface area contributed by atoms with E-state index in [1.807, 2.05) is 17.0 Å². The van der Waals surface area contributed by atoms with Gasteiger partial charge in [-0.25, -0.2) is 13.5 Å². The van der Waals surface area contributed by atoms with Gasteiger partial charge in [0.05, 0.1) is 17.5 Å². The molecule has 0 spiro atoms. The van der Waals surface area contributed by atoms with Crippen molar-refractivity contribution in [3.8, 4) is 0 Å². The molecule has 0 radical (unpaired) electrons. The van der Waals surface area contributed by atoms with E-state index < -0.39 is 24.4 Å². The zero-order chi connectivity index (χ0) is 28.6. The highest BCUT2D eigenvalue weighted by Gasteiger charge is 2.72. The zero-order valence-corrected chi connectivity index (χ0v) is 23.6. The molecule has 0 aliphatic carbocycles. The lowest BCUT2D eigenvalue weighted by Gasteiger charge is -2.28. The Hall–Kier alpha value is -1.55. The fourth-order valence-corrected chi connectivity index (χ4v) is 4.77. The van der Waals surface area contributed by atoms with Crippen molar-refractivity contribution < 1.29 is 52.1 Å². The molecule has 2 aromatic rings. The molecule has 2 nitrogen and oxygen atoms in total. The summed E-state index contributed by atoms with van der Waals surface area (Å²) in [5.74, 6) is -10.2. The summed E-state index contributed by atoms with van der Waals surface area (Å²) in [4.78, 5) is 0. The molecule has 0 fully saturated rings. The van der Waals surface area contributed by atoms with Gasteiger partial charge in [0.25, 0.3) is 5.82 Å². The molecule has 39 heavy (non-hydrogen) atoms. The lowest BCUT2D eigenvalue weighted by atomic mass is 10.0. The summed E-state index contributed by atoms with van der Waals surface area (Å²) in [6.07, 6.45) is 1.88. The van der Waals surface area contributed by atoms with Crippen LogP contribution in [0.3, 0.4) is 0 Å². The number of nitrogens with zero attached hydrogens (tertiary/aromatic N) is 2. The van der Waals surface area contributed by atoms with Crippen LogP contribution in [0.25, 0.3) is 0 Å². The van der Waals surface area contributed by atoms with Gasteiger partial charge in [0.2, 0.25) is 0 Å². The first kappa shape index (κ1) is 35.5. The number of aryl methyl sites for hydroxylation is 1. The third-order valence-electron chi connectivity index (χ3n) is 6.63. The van der Waals surface area contributed by atoms with E-state index in [9.17, 15) is 35.1 Å². The first-order chi connectivity index (χ1) is 17.7. The fourth-order valence-electron chi connectivity index (χ4n) is 4.55. The average Bonchev–Trinajstić information content (AvgIpc) is 3.21. The highest BCUT2D eigenvalue weighted by atomic mass is 35.5. The molecule has 0 amide bonds. The monoisotopic (exact) mass is 610 g/mol. The Morgan fingerprint density at radius 2 is 1.38 bits per heavy atom. The van der Waals surface area contributed by atoms with Crippen molar-refractivity contribution in [1.82, 2.24) is 4.57 Å². The van der Waals surface area contributed by atoms with Crippen molar-refractivity contribution in [2.24, 2.45) is 0 Å². The quantitative estimate of drug-likeness (QED) is 0.117. The van der Waals surface area contributed by atoms with Crippen molar-refractivity contribution in [1.29, 1.82) is 0 Å². The highest BCUT2D eigenvalue weighted by molar-refractivity contribution is 6.31. The number of hydrogen-bond donors (Lipinski definition) is 0. The average molecular weight is 611 g/mol. The molecule has 1 heterocycles. The van der Waals surface area contributed by atoms with Crippen LogP contribution in [0.5, 0.6) is 0 Å². The maximum atomic E-state index is 14.2. The minimum absolute atomic E-state index is 0. The number of imidazole rings is 1. The molecule has 1 aromatic carbocycles. The number of hydrogen-bond acceptors (Lipinski definition) is 0. The second-order valence-corrected chi connectivity index (χ2v) is 10.4. The lowest BCUT2D eigenvalue weighted by molar-refractivity contribution is -0.696. The van der Waals surface area contributed by atoms with Crippen molar-refractivity contribution in [2.45, 2.75) is 115 Å². The van der Waals surface area contributed by atoms with Gasteiger partial charge in [0.15, 0.2) is 0 Å². The lowest BCUT2D eigenvalue weighted by Crippen LogP contribution is -3.00. The van der Waals surface area contributed by atoms with E-state index in [-0.39, 0.29) is 37.0 Å². The van der Waals surface area contributed by atoms with Crippen LogP contribution < -0.4 is 17.0 Å². The normalized spacial score (nSPS) is 12.7. The molecule has 1 aromatic heterocycles. The molecule has 0 bridgehead atoms. The van der Waals surface area contributed by atoms with Gasteiger partial charge in [0.1, 0.15) is 24.8 Å². The molecule has 0 saturated heterocycles. The summed E-state index contributed by atoms with van der Waals surface area (Å²) < 4.78 is 107. The fraction of sp³-hybridized carbons (Fsp3) is 0.667. The predicted molar refractivity (Wildman–Crippen MR) is 131 cm³/mol. The minimum Gasteiger partial charge on any atom is -1.00 e. The standard InChI is InChI=1S/C27H36ClF8N2.ClH/c1-20(2)24-37(17-18-38(24)19-21-22(28)13-12-14-23(21)29)16-11-9-7-5-3-4-6-8-10-15-25(30,31)26(32,33)27(34,35)36;/h12-14,17-18,20H,3-11,15-16,19H2,1-2H3;1H/q+1;/p-1. The van der Waals surface area contributed by atoms with Crippen molar-refractivity contribution in [3.05, 3.63) is 52.8 Å². The number of alkyl halides is 7. The number of unbranched alkanes of at least 4 members (excludes halogenated alkanes) is 8. The van der Waals surface area contributed by atoms with E-state index >= 15 is 0 Å². The Balaban J connectivity index is 0.00000760. The predicted octanol–water partition coefficient (Wildman–Crippen LogP) is 6.48. The van der Waals surface area contributed by atoms with Crippen LogP contribution in [0, 0.1) is 5.82 Å². The van der Waals surface area contributed by atoms with E-state index in [1.165, 1.54) is 6.07 Å². The van der Waals surface area contributed by atoms with Crippen LogP contribution in [0.4, 0.5) is 35.1 Å². The van der Waals surface area contributed by atoms with Gasteiger partial charge in [0, 0.05) is 12.0 Å². The van der Waals surface area contributed by atoms with Gasteiger partial charge in [-0.2, -0.15) is 30.7 Å². The molecule has 2 rings (SSSR count). The van der Waals surface area contributed by atoms with Crippen LogP contribution >= 0.6 is 11.6 Å². The van der Waals surface area contributed by atoms with Gasteiger partial charge >= 0.3 is 18.0 Å².